The van der Waals surface area contributed by atoms with E-state index < -0.39 is 6.23 Å². The number of fused-ring (bicyclic) bond motifs is 1. The topological polar surface area (TPSA) is 57.6 Å². The van der Waals surface area contributed by atoms with Crippen molar-refractivity contribution in [2.75, 3.05) is 0 Å². The summed E-state index contributed by atoms with van der Waals surface area (Å²) in [5, 5.41) is 9.32. The van der Waals surface area contributed by atoms with E-state index in [-0.39, 0.29) is 23.7 Å². The van der Waals surface area contributed by atoms with Gasteiger partial charge in [-0.3, -0.25) is 14.5 Å². The molecule has 0 aromatic carbocycles. The van der Waals surface area contributed by atoms with Gasteiger partial charge in [-0.1, -0.05) is 12.8 Å². The number of carbonyl (C=O) groups is 2. The molecule has 2 amide bonds. The van der Waals surface area contributed by atoms with E-state index in [4.69, 9.17) is 0 Å². The third-order valence-corrected chi connectivity index (χ3v) is 3.25. The van der Waals surface area contributed by atoms with Gasteiger partial charge in [-0.2, -0.15) is 0 Å². The molecule has 4 heteroatoms. The molecule has 0 aromatic rings. The van der Waals surface area contributed by atoms with Crippen LogP contribution in [0.2, 0.25) is 0 Å². The van der Waals surface area contributed by atoms with Gasteiger partial charge < -0.3 is 5.11 Å². The Morgan fingerprint density at radius 1 is 1.21 bits per heavy atom. The van der Waals surface area contributed by atoms with Crippen molar-refractivity contribution in [3.05, 3.63) is 0 Å². The summed E-state index contributed by atoms with van der Waals surface area (Å²) in [6, 6.07) is 0. The predicted molar refractivity (Wildman–Crippen MR) is 49.0 cm³/mol. The molecule has 14 heavy (non-hydrogen) atoms. The summed E-state index contributed by atoms with van der Waals surface area (Å²) in [4.78, 5) is 24.5. The smallest absolute Gasteiger partial charge is 0.235 e. The minimum Gasteiger partial charge on any atom is -0.373 e. The van der Waals surface area contributed by atoms with Crippen LogP contribution in [0.5, 0.6) is 0 Å². The van der Waals surface area contributed by atoms with E-state index in [0.29, 0.717) is 0 Å². The zero-order valence-corrected chi connectivity index (χ0v) is 8.27. The molecule has 78 valence electrons. The van der Waals surface area contributed by atoms with E-state index in [9.17, 15) is 14.7 Å². The van der Waals surface area contributed by atoms with Gasteiger partial charge in [0.2, 0.25) is 11.8 Å². The predicted octanol–water partition coefficient (Wildman–Crippen LogP) is 0.500. The zero-order valence-electron chi connectivity index (χ0n) is 8.27. The summed E-state index contributed by atoms with van der Waals surface area (Å²) in [6.45, 7) is 1.47. The number of nitrogens with zero attached hydrogens (tertiary/aromatic N) is 1. The largest absolute Gasteiger partial charge is 0.373 e. The molecule has 1 aliphatic carbocycles. The van der Waals surface area contributed by atoms with E-state index >= 15 is 0 Å². The molecule has 2 aliphatic rings. The Hall–Kier alpha value is -0.900. The summed E-state index contributed by atoms with van der Waals surface area (Å²) in [7, 11) is 0. The Balaban J connectivity index is 2.24. The average Bonchev–Trinajstić information content (AvgIpc) is 2.41. The molecule has 1 saturated heterocycles. The lowest BCUT2D eigenvalue weighted by Gasteiger charge is -2.19. The minimum absolute atomic E-state index is 0.147. The summed E-state index contributed by atoms with van der Waals surface area (Å²) in [5.41, 5.74) is 0. The fourth-order valence-corrected chi connectivity index (χ4v) is 2.56. The SMILES string of the molecule is CC(O)N1C(=O)C2CCCCC2C1=O. The van der Waals surface area contributed by atoms with Crippen LogP contribution in [0.3, 0.4) is 0 Å². The highest BCUT2D eigenvalue weighted by atomic mass is 16.3. The first-order chi connectivity index (χ1) is 6.63. The van der Waals surface area contributed by atoms with Gasteiger partial charge in [0.1, 0.15) is 6.23 Å². The highest BCUT2D eigenvalue weighted by Crippen LogP contribution is 2.38. The lowest BCUT2D eigenvalue weighted by molar-refractivity contribution is -0.149. The number of imide groups is 1. The van der Waals surface area contributed by atoms with Crippen molar-refractivity contribution in [2.45, 2.75) is 38.8 Å². The number of hydrogen-bond acceptors (Lipinski definition) is 3. The molecule has 0 spiro atoms. The molecule has 0 radical (unpaired) electrons. The Morgan fingerprint density at radius 2 is 1.64 bits per heavy atom. The number of aliphatic hydroxyl groups excluding tert-OH is 1. The van der Waals surface area contributed by atoms with Gasteiger partial charge in [0.05, 0.1) is 11.8 Å². The molecule has 1 N–H and O–H groups in total. The Bertz CT molecular complexity index is 251. The van der Waals surface area contributed by atoms with Gasteiger partial charge in [-0.15, -0.1) is 0 Å². The minimum atomic E-state index is -0.972. The van der Waals surface area contributed by atoms with Crippen LogP contribution in [-0.4, -0.2) is 28.0 Å². The fourth-order valence-electron chi connectivity index (χ4n) is 2.56. The second kappa shape index (κ2) is 3.35. The van der Waals surface area contributed by atoms with E-state index in [1.165, 1.54) is 6.92 Å². The van der Waals surface area contributed by atoms with E-state index in [1.807, 2.05) is 0 Å². The van der Waals surface area contributed by atoms with Gasteiger partial charge in [0.25, 0.3) is 0 Å². The monoisotopic (exact) mass is 197 g/mol. The molecule has 0 aromatic heterocycles. The number of likely N-dealkylation sites (tertiary alicyclic amines) is 1. The highest BCUT2D eigenvalue weighted by molar-refractivity contribution is 6.05. The number of aliphatic hydroxyl groups is 1. The molecular formula is C10H15NO3. The van der Waals surface area contributed by atoms with Crippen LogP contribution >= 0.6 is 0 Å². The van der Waals surface area contributed by atoms with Crippen molar-refractivity contribution in [2.24, 2.45) is 11.8 Å². The van der Waals surface area contributed by atoms with Gasteiger partial charge in [-0.25, -0.2) is 0 Å². The van der Waals surface area contributed by atoms with E-state index in [2.05, 4.69) is 0 Å². The quantitative estimate of drug-likeness (QED) is 0.623. The number of rotatable bonds is 1. The average molecular weight is 197 g/mol. The second-order valence-corrected chi connectivity index (χ2v) is 4.18. The van der Waals surface area contributed by atoms with Crippen LogP contribution in [0.1, 0.15) is 32.6 Å². The maximum absolute atomic E-state index is 11.7. The van der Waals surface area contributed by atoms with Crippen LogP contribution in [0.25, 0.3) is 0 Å². The third-order valence-electron chi connectivity index (χ3n) is 3.25. The molecule has 4 nitrogen and oxygen atoms in total. The summed E-state index contributed by atoms with van der Waals surface area (Å²) < 4.78 is 0. The van der Waals surface area contributed by atoms with Crippen LogP contribution in [0.15, 0.2) is 0 Å². The van der Waals surface area contributed by atoms with Crippen molar-refractivity contribution in [1.29, 1.82) is 0 Å². The maximum atomic E-state index is 11.7. The Morgan fingerprint density at radius 3 is 2.00 bits per heavy atom. The van der Waals surface area contributed by atoms with Gasteiger partial charge in [-0.05, 0) is 19.8 Å². The van der Waals surface area contributed by atoms with Gasteiger partial charge in [0, 0.05) is 0 Å². The summed E-state index contributed by atoms with van der Waals surface area (Å²) >= 11 is 0. The molecule has 1 saturated carbocycles. The molecule has 1 aliphatic heterocycles. The van der Waals surface area contributed by atoms with Crippen LogP contribution in [-0.2, 0) is 9.59 Å². The van der Waals surface area contributed by atoms with Crippen LogP contribution in [0, 0.1) is 11.8 Å². The van der Waals surface area contributed by atoms with Crippen LogP contribution < -0.4 is 0 Å². The zero-order chi connectivity index (χ0) is 10.3. The normalized spacial score (nSPS) is 34.6. The van der Waals surface area contributed by atoms with Crippen molar-refractivity contribution in [3.8, 4) is 0 Å². The van der Waals surface area contributed by atoms with Gasteiger partial charge >= 0.3 is 0 Å². The standard InChI is InChI=1S/C10H15NO3/c1-6(12)11-9(13)7-4-2-3-5-8(7)10(11)14/h6-8,12H,2-5H2,1H3. The molecule has 0 bridgehead atoms. The van der Waals surface area contributed by atoms with Gasteiger partial charge in [0.15, 0.2) is 0 Å². The van der Waals surface area contributed by atoms with E-state index in [1.54, 1.807) is 0 Å². The lowest BCUT2D eigenvalue weighted by Crippen LogP contribution is -2.38. The van der Waals surface area contributed by atoms with Crippen molar-refractivity contribution < 1.29 is 14.7 Å². The first kappa shape index (κ1) is 9.65. The first-order valence-electron chi connectivity index (χ1n) is 5.18. The number of amides is 2. The highest BCUT2D eigenvalue weighted by Gasteiger charge is 2.49. The van der Waals surface area contributed by atoms with Crippen molar-refractivity contribution in [1.82, 2.24) is 4.90 Å². The number of carbonyl (C=O) groups excluding carboxylic acids is 2. The lowest BCUT2D eigenvalue weighted by atomic mass is 9.81. The molecule has 3 atom stereocenters. The maximum Gasteiger partial charge on any atom is 0.235 e. The second-order valence-electron chi connectivity index (χ2n) is 4.18. The molecule has 2 rings (SSSR count). The third kappa shape index (κ3) is 1.25. The summed E-state index contributed by atoms with van der Waals surface area (Å²) in [5.74, 6) is -0.638. The fraction of sp³-hybridized carbons (Fsp3) is 0.800. The van der Waals surface area contributed by atoms with Crippen LogP contribution in [0.4, 0.5) is 0 Å². The van der Waals surface area contributed by atoms with Crippen molar-refractivity contribution >= 4 is 11.8 Å². The molecule has 3 unspecified atom stereocenters. The molecule has 1 heterocycles. The summed E-state index contributed by atoms with van der Waals surface area (Å²) in [6.07, 6.45) is 2.68. The molecule has 2 fully saturated rings. The molecular weight excluding hydrogens is 182 g/mol. The Kier molecular flexibility index (Phi) is 2.31. The number of hydrogen-bond donors (Lipinski definition) is 1. The van der Waals surface area contributed by atoms with Crippen molar-refractivity contribution in [3.63, 3.8) is 0 Å². The van der Waals surface area contributed by atoms with E-state index in [0.717, 1.165) is 30.6 Å². The first-order valence-corrected chi connectivity index (χ1v) is 5.18. The Labute approximate surface area is 82.9 Å².